The van der Waals surface area contributed by atoms with Crippen LogP contribution >= 0.6 is 0 Å². The van der Waals surface area contributed by atoms with Gasteiger partial charge in [0.1, 0.15) is 0 Å². The molecule has 0 bridgehead atoms. The van der Waals surface area contributed by atoms with Gasteiger partial charge in [-0.05, 0) is 67.7 Å². The first-order valence-corrected chi connectivity index (χ1v) is 10.7. The Labute approximate surface area is 167 Å². The lowest BCUT2D eigenvalue weighted by Crippen LogP contribution is -2.42. The largest absolute Gasteiger partial charge is 0.355 e. The van der Waals surface area contributed by atoms with Crippen LogP contribution < -0.4 is 5.32 Å². The van der Waals surface area contributed by atoms with Crippen LogP contribution in [0.2, 0.25) is 0 Å². The maximum absolute atomic E-state index is 12.9. The first-order valence-electron chi connectivity index (χ1n) is 10.7. The molecule has 28 heavy (non-hydrogen) atoms. The monoisotopic (exact) mass is 378 g/mol. The molecule has 148 valence electrons. The summed E-state index contributed by atoms with van der Waals surface area (Å²) in [5, 5.41) is 3.24. The van der Waals surface area contributed by atoms with Crippen LogP contribution in [0.5, 0.6) is 0 Å². The minimum absolute atomic E-state index is 0.0265. The molecule has 1 amide bonds. The number of carbonyl (C=O) groups is 1. The number of benzene rings is 1. The second kappa shape index (κ2) is 7.03. The minimum Gasteiger partial charge on any atom is -0.355 e. The summed E-state index contributed by atoms with van der Waals surface area (Å²) in [4.78, 5) is 19.7. The Hall–Kier alpha value is -2.14. The summed E-state index contributed by atoms with van der Waals surface area (Å²) in [5.41, 5.74) is 4.14. The van der Waals surface area contributed by atoms with Crippen molar-refractivity contribution in [3.63, 3.8) is 0 Å². The molecule has 1 aromatic carbocycles. The van der Waals surface area contributed by atoms with Crippen molar-refractivity contribution < 1.29 is 4.79 Å². The van der Waals surface area contributed by atoms with Crippen molar-refractivity contribution in [3.05, 3.63) is 53.6 Å². The molecular formula is C23H30N4O. The van der Waals surface area contributed by atoms with Crippen molar-refractivity contribution >= 4 is 5.91 Å². The van der Waals surface area contributed by atoms with Crippen LogP contribution in [-0.2, 0) is 23.8 Å². The molecule has 1 spiro atoms. The molecular weight excluding hydrogens is 348 g/mol. The zero-order valence-corrected chi connectivity index (χ0v) is 16.7. The van der Waals surface area contributed by atoms with Crippen molar-refractivity contribution in [2.75, 3.05) is 19.6 Å². The van der Waals surface area contributed by atoms with Crippen molar-refractivity contribution in [1.29, 1.82) is 0 Å². The van der Waals surface area contributed by atoms with Gasteiger partial charge < -0.3 is 9.88 Å². The van der Waals surface area contributed by atoms with E-state index in [2.05, 4.69) is 51.1 Å². The van der Waals surface area contributed by atoms with Gasteiger partial charge in [0.25, 0.3) is 0 Å². The van der Waals surface area contributed by atoms with E-state index in [0.29, 0.717) is 0 Å². The van der Waals surface area contributed by atoms with E-state index in [-0.39, 0.29) is 17.2 Å². The van der Waals surface area contributed by atoms with Gasteiger partial charge in [0.15, 0.2) is 0 Å². The third kappa shape index (κ3) is 3.26. The maximum Gasteiger partial charge on any atom is 0.227 e. The van der Waals surface area contributed by atoms with Crippen LogP contribution in [0.25, 0.3) is 0 Å². The molecule has 2 aromatic rings. The summed E-state index contributed by atoms with van der Waals surface area (Å²) in [6, 6.07) is 8.71. The fraction of sp³-hybridized carbons (Fsp3) is 0.565. The predicted molar refractivity (Wildman–Crippen MR) is 109 cm³/mol. The van der Waals surface area contributed by atoms with Gasteiger partial charge in [-0.25, -0.2) is 4.98 Å². The van der Waals surface area contributed by atoms with Crippen molar-refractivity contribution in [2.45, 2.75) is 50.0 Å². The molecule has 5 nitrogen and oxygen atoms in total. The minimum atomic E-state index is 0.0265. The Morgan fingerprint density at radius 3 is 2.75 bits per heavy atom. The average molecular weight is 379 g/mol. The SMILES string of the molecule is Cn1cncc1CN1CCC2(CC1)CC(C(=O)NCC1CC1)c1ccccc12. The topological polar surface area (TPSA) is 50.2 Å². The van der Waals surface area contributed by atoms with E-state index in [1.165, 1.54) is 29.7 Å². The average Bonchev–Trinajstić information content (AvgIpc) is 3.39. The molecule has 5 rings (SSSR count). The lowest BCUT2D eigenvalue weighted by molar-refractivity contribution is -0.122. The summed E-state index contributed by atoms with van der Waals surface area (Å²) in [7, 11) is 2.06. The fourth-order valence-corrected chi connectivity index (χ4v) is 5.20. The van der Waals surface area contributed by atoms with Gasteiger partial charge in [0, 0.05) is 26.3 Å². The van der Waals surface area contributed by atoms with E-state index in [9.17, 15) is 4.79 Å². The number of piperidine rings is 1. The van der Waals surface area contributed by atoms with Gasteiger partial charge in [0.05, 0.1) is 17.9 Å². The Kier molecular flexibility index (Phi) is 4.50. The number of carbonyl (C=O) groups excluding carboxylic acids is 1. The fourth-order valence-electron chi connectivity index (χ4n) is 5.20. The summed E-state index contributed by atoms with van der Waals surface area (Å²) in [6.07, 6.45) is 9.63. The van der Waals surface area contributed by atoms with E-state index in [4.69, 9.17) is 0 Å². The summed E-state index contributed by atoms with van der Waals surface area (Å²) < 4.78 is 2.11. The highest BCUT2D eigenvalue weighted by Crippen LogP contribution is 2.51. The lowest BCUT2D eigenvalue weighted by Gasteiger charge is -2.40. The molecule has 2 heterocycles. The molecule has 1 unspecified atom stereocenters. The van der Waals surface area contributed by atoms with Crippen molar-refractivity contribution in [3.8, 4) is 0 Å². The van der Waals surface area contributed by atoms with Crippen LogP contribution in [-0.4, -0.2) is 40.0 Å². The van der Waals surface area contributed by atoms with Crippen molar-refractivity contribution in [2.24, 2.45) is 13.0 Å². The zero-order valence-electron chi connectivity index (χ0n) is 16.7. The van der Waals surface area contributed by atoms with E-state index in [1.807, 2.05) is 12.5 Å². The van der Waals surface area contributed by atoms with Crippen LogP contribution in [0.1, 0.15) is 54.8 Å². The number of hydrogen-bond donors (Lipinski definition) is 1. The maximum atomic E-state index is 12.9. The highest BCUT2D eigenvalue weighted by molar-refractivity contribution is 5.85. The number of nitrogens with zero attached hydrogens (tertiary/aromatic N) is 3. The van der Waals surface area contributed by atoms with Gasteiger partial charge in [0.2, 0.25) is 5.91 Å². The van der Waals surface area contributed by atoms with Gasteiger partial charge in [-0.2, -0.15) is 0 Å². The predicted octanol–water partition coefficient (Wildman–Crippen LogP) is 2.97. The second-order valence-corrected chi connectivity index (χ2v) is 9.08. The van der Waals surface area contributed by atoms with Crippen LogP contribution in [0.4, 0.5) is 0 Å². The standard InChI is InChI=1S/C23H30N4O/c1-26-16-24-14-18(26)15-27-10-8-23(9-11-27)12-20(19-4-2-3-5-21(19)23)22(28)25-13-17-6-7-17/h2-5,14,16-17,20H,6-13,15H2,1H3,(H,25,28). The quantitative estimate of drug-likeness (QED) is 0.870. The first kappa shape index (κ1) is 17.9. The molecule has 1 atom stereocenters. The molecule has 0 radical (unpaired) electrons. The molecule has 3 aliphatic rings. The molecule has 1 aliphatic heterocycles. The van der Waals surface area contributed by atoms with Gasteiger partial charge in [-0.3, -0.25) is 9.69 Å². The summed E-state index contributed by atoms with van der Waals surface area (Å²) in [6.45, 7) is 3.98. The van der Waals surface area contributed by atoms with Crippen LogP contribution in [0.3, 0.4) is 0 Å². The molecule has 1 N–H and O–H groups in total. The molecule has 1 aromatic heterocycles. The van der Waals surface area contributed by atoms with E-state index in [0.717, 1.165) is 51.4 Å². The number of aromatic nitrogens is 2. The number of aryl methyl sites for hydroxylation is 1. The Morgan fingerprint density at radius 2 is 2.04 bits per heavy atom. The molecule has 1 saturated carbocycles. The number of amides is 1. The Bertz CT molecular complexity index is 861. The summed E-state index contributed by atoms with van der Waals surface area (Å²) >= 11 is 0. The highest BCUT2D eigenvalue weighted by Gasteiger charge is 2.47. The third-order valence-corrected chi connectivity index (χ3v) is 7.20. The van der Waals surface area contributed by atoms with E-state index >= 15 is 0 Å². The Morgan fingerprint density at radius 1 is 1.25 bits per heavy atom. The van der Waals surface area contributed by atoms with E-state index < -0.39 is 0 Å². The number of rotatable bonds is 5. The highest BCUT2D eigenvalue weighted by atomic mass is 16.1. The molecule has 2 fully saturated rings. The Balaban J connectivity index is 1.30. The van der Waals surface area contributed by atoms with Gasteiger partial charge in [-0.15, -0.1) is 0 Å². The third-order valence-electron chi connectivity index (χ3n) is 7.20. The van der Waals surface area contributed by atoms with Crippen LogP contribution in [0.15, 0.2) is 36.8 Å². The second-order valence-electron chi connectivity index (χ2n) is 9.08. The van der Waals surface area contributed by atoms with Crippen LogP contribution in [0, 0.1) is 5.92 Å². The number of fused-ring (bicyclic) bond motifs is 2. The lowest BCUT2D eigenvalue weighted by atomic mass is 9.73. The molecule has 5 heteroatoms. The van der Waals surface area contributed by atoms with Gasteiger partial charge >= 0.3 is 0 Å². The smallest absolute Gasteiger partial charge is 0.227 e. The first-order chi connectivity index (χ1) is 13.6. The zero-order chi connectivity index (χ0) is 19.1. The van der Waals surface area contributed by atoms with Gasteiger partial charge in [-0.1, -0.05) is 24.3 Å². The molecule has 1 saturated heterocycles. The molecule has 2 aliphatic carbocycles. The van der Waals surface area contributed by atoms with E-state index in [1.54, 1.807) is 0 Å². The number of hydrogen-bond acceptors (Lipinski definition) is 3. The van der Waals surface area contributed by atoms with Crippen molar-refractivity contribution in [1.82, 2.24) is 19.8 Å². The number of nitrogens with one attached hydrogen (secondary N) is 1. The number of likely N-dealkylation sites (tertiary alicyclic amines) is 1. The number of imidazole rings is 1. The normalized spacial score (nSPS) is 23.7. The summed E-state index contributed by atoms with van der Waals surface area (Å²) in [5.74, 6) is 0.997.